The molecular weight excluding hydrogens is 264 g/mol. The van der Waals surface area contributed by atoms with Crippen molar-refractivity contribution in [1.82, 2.24) is 0 Å². The van der Waals surface area contributed by atoms with Gasteiger partial charge in [0.05, 0.1) is 19.5 Å². The lowest BCUT2D eigenvalue weighted by Gasteiger charge is -2.40. The van der Waals surface area contributed by atoms with E-state index in [1.807, 2.05) is 12.1 Å². The van der Waals surface area contributed by atoms with Crippen LogP contribution >= 0.6 is 0 Å². The van der Waals surface area contributed by atoms with Crippen molar-refractivity contribution in [3.63, 3.8) is 0 Å². The average molecular weight is 284 g/mol. The number of benzene rings is 1. The van der Waals surface area contributed by atoms with Crippen LogP contribution in [-0.4, -0.2) is 40.0 Å². The highest BCUT2D eigenvalue weighted by Crippen LogP contribution is 2.25. The number of sulfonamides is 1. The summed E-state index contributed by atoms with van der Waals surface area (Å²) in [6.07, 6.45) is 1.15. The van der Waals surface area contributed by atoms with Crippen LogP contribution in [0.25, 0.3) is 0 Å². The first-order valence-corrected chi connectivity index (χ1v) is 8.20. The third-order valence-corrected chi connectivity index (χ3v) is 3.74. The highest BCUT2D eigenvalue weighted by atomic mass is 32.2. The zero-order chi connectivity index (χ0) is 14.0. The Labute approximate surface area is 114 Å². The van der Waals surface area contributed by atoms with Gasteiger partial charge in [-0.25, -0.2) is 8.42 Å². The third kappa shape index (κ3) is 3.61. The minimum Gasteiger partial charge on any atom is -0.377 e. The summed E-state index contributed by atoms with van der Waals surface area (Å²) in [5.74, 6) is 0. The molecule has 106 valence electrons. The molecule has 0 aromatic heterocycles. The van der Waals surface area contributed by atoms with E-state index in [9.17, 15) is 8.42 Å². The molecule has 1 fully saturated rings. The molecule has 2 atom stereocenters. The molecule has 0 radical (unpaired) electrons. The zero-order valence-electron chi connectivity index (χ0n) is 11.5. The van der Waals surface area contributed by atoms with Crippen molar-refractivity contribution in [3.05, 3.63) is 24.3 Å². The van der Waals surface area contributed by atoms with Gasteiger partial charge in [-0.05, 0) is 38.1 Å². The lowest BCUT2D eigenvalue weighted by molar-refractivity contribution is 0.0757. The fourth-order valence-electron chi connectivity index (χ4n) is 2.43. The molecule has 0 aliphatic carbocycles. The second kappa shape index (κ2) is 5.38. The predicted octanol–water partition coefficient (Wildman–Crippen LogP) is 1.67. The first kappa shape index (κ1) is 14.1. The van der Waals surface area contributed by atoms with E-state index < -0.39 is 10.0 Å². The van der Waals surface area contributed by atoms with Crippen LogP contribution in [-0.2, 0) is 14.8 Å². The van der Waals surface area contributed by atoms with Crippen molar-refractivity contribution < 1.29 is 13.2 Å². The molecule has 1 aromatic carbocycles. The van der Waals surface area contributed by atoms with Gasteiger partial charge in [0, 0.05) is 23.5 Å². The Bertz CT molecular complexity index is 517. The van der Waals surface area contributed by atoms with Crippen molar-refractivity contribution >= 4 is 21.4 Å². The summed E-state index contributed by atoms with van der Waals surface area (Å²) in [6.45, 7) is 5.68. The number of hydrogen-bond donors (Lipinski definition) is 1. The highest BCUT2D eigenvalue weighted by molar-refractivity contribution is 7.92. The smallest absolute Gasteiger partial charge is 0.229 e. The van der Waals surface area contributed by atoms with Gasteiger partial charge in [-0.15, -0.1) is 0 Å². The average Bonchev–Trinajstić information content (AvgIpc) is 2.29. The van der Waals surface area contributed by atoms with E-state index in [4.69, 9.17) is 4.74 Å². The molecule has 1 heterocycles. The summed E-state index contributed by atoms with van der Waals surface area (Å²) in [5, 5.41) is 0. The Morgan fingerprint density at radius 3 is 2.16 bits per heavy atom. The van der Waals surface area contributed by atoms with E-state index in [2.05, 4.69) is 23.5 Å². The van der Waals surface area contributed by atoms with Gasteiger partial charge < -0.3 is 9.64 Å². The van der Waals surface area contributed by atoms with Crippen LogP contribution in [0.1, 0.15) is 13.8 Å². The molecule has 0 spiro atoms. The Morgan fingerprint density at radius 1 is 1.16 bits per heavy atom. The second-order valence-corrected chi connectivity index (χ2v) is 6.81. The minimum atomic E-state index is -3.22. The molecule has 2 unspecified atom stereocenters. The molecule has 1 aliphatic rings. The molecule has 1 saturated heterocycles. The molecule has 1 aliphatic heterocycles. The number of nitrogens with zero attached hydrogens (tertiary/aromatic N) is 1. The van der Waals surface area contributed by atoms with Gasteiger partial charge in [-0.1, -0.05) is 0 Å². The van der Waals surface area contributed by atoms with Crippen LogP contribution in [0.15, 0.2) is 24.3 Å². The number of rotatable bonds is 3. The van der Waals surface area contributed by atoms with Crippen LogP contribution in [0.3, 0.4) is 0 Å². The van der Waals surface area contributed by atoms with Gasteiger partial charge in [-0.3, -0.25) is 4.72 Å². The normalized spacial score (nSPS) is 24.3. The molecular formula is C13H20N2O3S. The molecule has 6 heteroatoms. The predicted molar refractivity (Wildman–Crippen MR) is 77.1 cm³/mol. The largest absolute Gasteiger partial charge is 0.377 e. The Balaban J connectivity index is 2.17. The summed E-state index contributed by atoms with van der Waals surface area (Å²) in [4.78, 5) is 2.30. The Hall–Kier alpha value is -1.27. The summed E-state index contributed by atoms with van der Waals surface area (Å²) < 4.78 is 30.3. The van der Waals surface area contributed by atoms with E-state index >= 15 is 0 Å². The lowest BCUT2D eigenvalue weighted by Crippen LogP contribution is -2.49. The lowest BCUT2D eigenvalue weighted by atomic mass is 10.1. The van der Waals surface area contributed by atoms with Gasteiger partial charge in [0.15, 0.2) is 0 Å². The number of morpholine rings is 1. The zero-order valence-corrected chi connectivity index (χ0v) is 12.3. The maximum atomic E-state index is 11.2. The van der Waals surface area contributed by atoms with Crippen molar-refractivity contribution in [1.29, 1.82) is 0 Å². The van der Waals surface area contributed by atoms with Crippen LogP contribution in [0, 0.1) is 0 Å². The first-order chi connectivity index (χ1) is 8.87. The monoisotopic (exact) mass is 284 g/mol. The quantitative estimate of drug-likeness (QED) is 0.917. The van der Waals surface area contributed by atoms with Crippen molar-refractivity contribution in [2.75, 3.05) is 29.1 Å². The van der Waals surface area contributed by atoms with Crippen molar-refractivity contribution in [2.24, 2.45) is 0 Å². The van der Waals surface area contributed by atoms with Crippen molar-refractivity contribution in [3.8, 4) is 0 Å². The van der Waals surface area contributed by atoms with Crippen LogP contribution in [0.2, 0.25) is 0 Å². The Kier molecular flexibility index (Phi) is 4.01. The number of ether oxygens (including phenoxy) is 1. The summed E-state index contributed by atoms with van der Waals surface area (Å²) >= 11 is 0. The molecule has 19 heavy (non-hydrogen) atoms. The van der Waals surface area contributed by atoms with E-state index in [0.717, 1.165) is 11.9 Å². The first-order valence-electron chi connectivity index (χ1n) is 6.31. The molecule has 5 nitrogen and oxygen atoms in total. The SMILES string of the molecule is CC1COCC(C)N1c1ccc(NS(C)(=O)=O)cc1. The highest BCUT2D eigenvalue weighted by Gasteiger charge is 2.25. The van der Waals surface area contributed by atoms with E-state index in [0.29, 0.717) is 31.0 Å². The summed E-state index contributed by atoms with van der Waals surface area (Å²) in [7, 11) is -3.22. The van der Waals surface area contributed by atoms with Gasteiger partial charge in [-0.2, -0.15) is 0 Å². The van der Waals surface area contributed by atoms with E-state index in [1.165, 1.54) is 0 Å². The maximum absolute atomic E-state index is 11.2. The third-order valence-electron chi connectivity index (χ3n) is 3.14. The van der Waals surface area contributed by atoms with E-state index in [1.54, 1.807) is 12.1 Å². The molecule has 1 N–H and O–H groups in total. The fraction of sp³-hybridized carbons (Fsp3) is 0.538. The number of anilines is 2. The molecule has 0 amide bonds. The standard InChI is InChI=1S/C13H20N2O3S/c1-10-8-18-9-11(2)15(10)13-6-4-12(5-7-13)14-19(3,16)17/h4-7,10-11,14H,8-9H2,1-3H3. The van der Waals surface area contributed by atoms with Crippen molar-refractivity contribution in [2.45, 2.75) is 25.9 Å². The number of hydrogen-bond acceptors (Lipinski definition) is 4. The molecule has 0 bridgehead atoms. The second-order valence-electron chi connectivity index (χ2n) is 5.06. The molecule has 2 rings (SSSR count). The fourth-order valence-corrected chi connectivity index (χ4v) is 2.99. The van der Waals surface area contributed by atoms with Gasteiger partial charge in [0.2, 0.25) is 10.0 Å². The summed E-state index contributed by atoms with van der Waals surface area (Å²) in [6, 6.07) is 8.07. The van der Waals surface area contributed by atoms with Gasteiger partial charge >= 0.3 is 0 Å². The number of nitrogens with one attached hydrogen (secondary N) is 1. The van der Waals surface area contributed by atoms with Crippen LogP contribution in [0.5, 0.6) is 0 Å². The Morgan fingerprint density at radius 2 is 1.68 bits per heavy atom. The minimum absolute atomic E-state index is 0.317. The van der Waals surface area contributed by atoms with Gasteiger partial charge in [0.25, 0.3) is 0 Å². The maximum Gasteiger partial charge on any atom is 0.229 e. The van der Waals surface area contributed by atoms with Gasteiger partial charge in [0.1, 0.15) is 0 Å². The summed E-state index contributed by atoms with van der Waals surface area (Å²) in [5.41, 5.74) is 1.67. The van der Waals surface area contributed by atoms with Crippen LogP contribution in [0.4, 0.5) is 11.4 Å². The van der Waals surface area contributed by atoms with Crippen LogP contribution < -0.4 is 9.62 Å². The van der Waals surface area contributed by atoms with E-state index in [-0.39, 0.29) is 0 Å². The molecule has 1 aromatic rings. The molecule has 0 saturated carbocycles. The topological polar surface area (TPSA) is 58.6 Å².